The lowest BCUT2D eigenvalue weighted by Gasteiger charge is -2.33. The summed E-state index contributed by atoms with van der Waals surface area (Å²) in [5.74, 6) is 0.126. The molecule has 1 amide bonds. The molecule has 0 radical (unpaired) electrons. The van der Waals surface area contributed by atoms with E-state index in [0.29, 0.717) is 6.42 Å². The maximum Gasteiger partial charge on any atom is 0.225 e. The molecular formula is C13H17NO. The zero-order chi connectivity index (χ0) is 11.1. The Bertz CT molecular complexity index is 407. The van der Waals surface area contributed by atoms with Crippen molar-refractivity contribution in [2.45, 2.75) is 39.2 Å². The average Bonchev–Trinajstić information content (AvgIpc) is 2.15. The van der Waals surface area contributed by atoms with Gasteiger partial charge >= 0.3 is 0 Å². The highest BCUT2D eigenvalue weighted by Gasteiger charge is 2.30. The molecule has 0 atom stereocenters. The van der Waals surface area contributed by atoms with E-state index >= 15 is 0 Å². The minimum Gasteiger partial charge on any atom is -0.347 e. The van der Waals surface area contributed by atoms with Crippen molar-refractivity contribution in [3.63, 3.8) is 0 Å². The van der Waals surface area contributed by atoms with E-state index < -0.39 is 0 Å². The molecule has 1 aliphatic rings. The van der Waals surface area contributed by atoms with E-state index in [4.69, 9.17) is 0 Å². The molecule has 80 valence electrons. The molecule has 1 heterocycles. The van der Waals surface area contributed by atoms with Crippen LogP contribution < -0.4 is 5.32 Å². The molecule has 0 spiro atoms. The molecule has 2 rings (SSSR count). The van der Waals surface area contributed by atoms with Crippen molar-refractivity contribution in [1.82, 2.24) is 5.32 Å². The van der Waals surface area contributed by atoms with Gasteiger partial charge in [-0.1, -0.05) is 25.1 Å². The van der Waals surface area contributed by atoms with Gasteiger partial charge in [-0.05, 0) is 37.0 Å². The van der Waals surface area contributed by atoms with Gasteiger partial charge in [-0.15, -0.1) is 0 Å². The van der Waals surface area contributed by atoms with Gasteiger partial charge in [-0.25, -0.2) is 0 Å². The van der Waals surface area contributed by atoms with E-state index in [2.05, 4.69) is 44.3 Å². The molecule has 1 aromatic carbocycles. The van der Waals surface area contributed by atoms with E-state index in [1.165, 1.54) is 16.7 Å². The fourth-order valence-corrected chi connectivity index (χ4v) is 2.26. The average molecular weight is 203 g/mol. The number of aryl methyl sites for hydroxylation is 1. The Morgan fingerprint density at radius 3 is 2.80 bits per heavy atom. The third kappa shape index (κ3) is 1.76. The maximum atomic E-state index is 11.5. The van der Waals surface area contributed by atoms with Gasteiger partial charge in [0.25, 0.3) is 0 Å². The summed E-state index contributed by atoms with van der Waals surface area (Å²) in [6, 6.07) is 6.46. The minimum absolute atomic E-state index is 0.126. The standard InChI is InChI=1S/C13H17NO/c1-4-9-5-6-11-10(7-9)8-12(15)14-13(11,2)3/h5-7H,4,8H2,1-3H3,(H,14,15). The van der Waals surface area contributed by atoms with Crippen molar-refractivity contribution in [3.8, 4) is 0 Å². The van der Waals surface area contributed by atoms with Crippen LogP contribution in [0.15, 0.2) is 18.2 Å². The van der Waals surface area contributed by atoms with Gasteiger partial charge in [0.1, 0.15) is 0 Å². The Morgan fingerprint density at radius 2 is 2.13 bits per heavy atom. The molecule has 0 saturated heterocycles. The zero-order valence-corrected chi connectivity index (χ0v) is 9.55. The van der Waals surface area contributed by atoms with Crippen LogP contribution >= 0.6 is 0 Å². The first-order valence-electron chi connectivity index (χ1n) is 5.46. The van der Waals surface area contributed by atoms with Crippen molar-refractivity contribution in [2.75, 3.05) is 0 Å². The normalized spacial score (nSPS) is 18.2. The van der Waals surface area contributed by atoms with E-state index in [1.54, 1.807) is 0 Å². The third-order valence-corrected chi connectivity index (χ3v) is 3.05. The fraction of sp³-hybridized carbons (Fsp3) is 0.462. The molecule has 0 bridgehead atoms. The van der Waals surface area contributed by atoms with Gasteiger partial charge in [0.2, 0.25) is 5.91 Å². The van der Waals surface area contributed by atoms with Crippen LogP contribution in [-0.4, -0.2) is 5.91 Å². The predicted octanol–water partition coefficient (Wildman–Crippen LogP) is 2.16. The summed E-state index contributed by atoms with van der Waals surface area (Å²) in [5.41, 5.74) is 3.51. The topological polar surface area (TPSA) is 29.1 Å². The minimum atomic E-state index is -0.225. The van der Waals surface area contributed by atoms with Crippen molar-refractivity contribution in [1.29, 1.82) is 0 Å². The first-order chi connectivity index (χ1) is 7.03. The van der Waals surface area contributed by atoms with E-state index in [-0.39, 0.29) is 11.4 Å². The number of fused-ring (bicyclic) bond motifs is 1. The SMILES string of the molecule is CCc1ccc2c(c1)CC(=O)NC2(C)C. The summed E-state index contributed by atoms with van der Waals surface area (Å²) >= 11 is 0. The molecule has 15 heavy (non-hydrogen) atoms. The summed E-state index contributed by atoms with van der Waals surface area (Å²) in [6.45, 7) is 6.23. The van der Waals surface area contributed by atoms with Gasteiger partial charge in [0.15, 0.2) is 0 Å². The van der Waals surface area contributed by atoms with Crippen LogP contribution in [0.25, 0.3) is 0 Å². The van der Waals surface area contributed by atoms with Crippen LogP contribution in [0, 0.1) is 0 Å². The molecular weight excluding hydrogens is 186 g/mol. The van der Waals surface area contributed by atoms with Crippen molar-refractivity contribution in [3.05, 3.63) is 34.9 Å². The molecule has 0 saturated carbocycles. The summed E-state index contributed by atoms with van der Waals surface area (Å²) < 4.78 is 0. The van der Waals surface area contributed by atoms with Crippen molar-refractivity contribution < 1.29 is 4.79 Å². The smallest absolute Gasteiger partial charge is 0.225 e. The van der Waals surface area contributed by atoms with E-state index in [1.807, 2.05) is 0 Å². The zero-order valence-electron chi connectivity index (χ0n) is 9.55. The second-order valence-electron chi connectivity index (χ2n) is 4.70. The Labute approximate surface area is 90.7 Å². The van der Waals surface area contributed by atoms with Gasteiger partial charge in [0, 0.05) is 0 Å². The van der Waals surface area contributed by atoms with E-state index in [9.17, 15) is 4.79 Å². The number of amides is 1. The summed E-state index contributed by atoms with van der Waals surface area (Å²) in [4.78, 5) is 11.5. The maximum absolute atomic E-state index is 11.5. The summed E-state index contributed by atoms with van der Waals surface area (Å²) in [5, 5.41) is 3.01. The molecule has 0 fully saturated rings. The molecule has 0 aliphatic carbocycles. The molecule has 0 unspecified atom stereocenters. The highest BCUT2D eigenvalue weighted by molar-refractivity contribution is 5.82. The Balaban J connectivity index is 2.52. The second-order valence-corrected chi connectivity index (χ2v) is 4.70. The summed E-state index contributed by atoms with van der Waals surface area (Å²) in [6.07, 6.45) is 1.54. The van der Waals surface area contributed by atoms with Crippen LogP contribution in [0.4, 0.5) is 0 Å². The van der Waals surface area contributed by atoms with Crippen LogP contribution in [0.1, 0.15) is 37.5 Å². The number of hydrogen-bond acceptors (Lipinski definition) is 1. The first kappa shape index (κ1) is 10.2. The predicted molar refractivity (Wildman–Crippen MR) is 60.7 cm³/mol. The van der Waals surface area contributed by atoms with Crippen molar-refractivity contribution >= 4 is 5.91 Å². The van der Waals surface area contributed by atoms with Crippen LogP contribution in [0.3, 0.4) is 0 Å². The van der Waals surface area contributed by atoms with Crippen LogP contribution in [0.5, 0.6) is 0 Å². The monoisotopic (exact) mass is 203 g/mol. The van der Waals surface area contributed by atoms with Gasteiger partial charge < -0.3 is 5.32 Å². The molecule has 1 aliphatic heterocycles. The molecule has 1 aromatic rings. The second kappa shape index (κ2) is 3.37. The first-order valence-corrected chi connectivity index (χ1v) is 5.46. The molecule has 1 N–H and O–H groups in total. The van der Waals surface area contributed by atoms with Crippen LogP contribution in [-0.2, 0) is 23.2 Å². The highest BCUT2D eigenvalue weighted by atomic mass is 16.1. The Hall–Kier alpha value is -1.31. The van der Waals surface area contributed by atoms with E-state index in [0.717, 1.165) is 6.42 Å². The third-order valence-electron chi connectivity index (χ3n) is 3.05. The van der Waals surface area contributed by atoms with Gasteiger partial charge in [-0.2, -0.15) is 0 Å². The van der Waals surface area contributed by atoms with Gasteiger partial charge in [0.05, 0.1) is 12.0 Å². The number of rotatable bonds is 1. The van der Waals surface area contributed by atoms with Gasteiger partial charge in [-0.3, -0.25) is 4.79 Å². The fourth-order valence-electron chi connectivity index (χ4n) is 2.26. The lowest BCUT2D eigenvalue weighted by atomic mass is 9.84. The Kier molecular flexibility index (Phi) is 2.29. The summed E-state index contributed by atoms with van der Waals surface area (Å²) in [7, 11) is 0. The number of carbonyl (C=O) groups excluding carboxylic acids is 1. The molecule has 2 nitrogen and oxygen atoms in total. The lowest BCUT2D eigenvalue weighted by Crippen LogP contribution is -2.46. The Morgan fingerprint density at radius 1 is 1.40 bits per heavy atom. The number of benzene rings is 1. The van der Waals surface area contributed by atoms with Crippen molar-refractivity contribution in [2.24, 2.45) is 0 Å². The molecule has 2 heteroatoms. The number of carbonyl (C=O) groups is 1. The highest BCUT2D eigenvalue weighted by Crippen LogP contribution is 2.29. The lowest BCUT2D eigenvalue weighted by molar-refractivity contribution is -0.122. The quantitative estimate of drug-likeness (QED) is 0.744. The number of hydrogen-bond donors (Lipinski definition) is 1. The molecule has 0 aromatic heterocycles. The number of nitrogens with one attached hydrogen (secondary N) is 1. The largest absolute Gasteiger partial charge is 0.347 e. The van der Waals surface area contributed by atoms with Crippen LogP contribution in [0.2, 0.25) is 0 Å².